The van der Waals surface area contributed by atoms with E-state index in [1.54, 1.807) is 6.26 Å². The molecule has 3 heteroatoms. The first-order chi connectivity index (χ1) is 8.00. The molecule has 3 nitrogen and oxygen atoms in total. The number of rotatable bonds is 3. The highest BCUT2D eigenvalue weighted by Gasteiger charge is 2.15. The highest BCUT2D eigenvalue weighted by molar-refractivity contribution is 5.90. The normalized spacial score (nSPS) is 11.3. The summed E-state index contributed by atoms with van der Waals surface area (Å²) in [5, 5.41) is 9.83. The molecule has 1 aromatic carbocycles. The summed E-state index contributed by atoms with van der Waals surface area (Å²) in [6, 6.07) is 4.08. The minimum Gasteiger partial charge on any atom is -0.481 e. The Kier molecular flexibility index (Phi) is 2.92. The standard InChI is InChI=1S/C14H16O3/c1-8(2)11-5-4-9(3)13-10(6-12(15)16)7-17-14(11)13/h4-5,7-8H,6H2,1-3H3,(H,15,16). The summed E-state index contributed by atoms with van der Waals surface area (Å²) >= 11 is 0. The van der Waals surface area contributed by atoms with Crippen LogP contribution in [-0.2, 0) is 11.2 Å². The van der Waals surface area contributed by atoms with E-state index in [2.05, 4.69) is 19.9 Å². The molecule has 0 bridgehead atoms. The van der Waals surface area contributed by atoms with Gasteiger partial charge in [-0.15, -0.1) is 0 Å². The third-order valence-electron chi connectivity index (χ3n) is 3.00. The second-order valence-corrected chi connectivity index (χ2v) is 4.66. The van der Waals surface area contributed by atoms with Crippen molar-refractivity contribution in [3.8, 4) is 0 Å². The number of hydrogen-bond acceptors (Lipinski definition) is 2. The van der Waals surface area contributed by atoms with E-state index in [9.17, 15) is 4.79 Å². The zero-order chi connectivity index (χ0) is 12.6. The SMILES string of the molecule is Cc1ccc(C(C)C)c2occ(CC(=O)O)c12. The van der Waals surface area contributed by atoms with Crippen molar-refractivity contribution in [2.75, 3.05) is 0 Å². The number of benzene rings is 1. The first-order valence-electron chi connectivity index (χ1n) is 5.72. The summed E-state index contributed by atoms with van der Waals surface area (Å²) in [6.45, 7) is 6.18. The number of carboxylic acid groups (broad SMARTS) is 1. The molecule has 0 saturated heterocycles. The van der Waals surface area contributed by atoms with Gasteiger partial charge in [0.1, 0.15) is 5.58 Å². The quantitative estimate of drug-likeness (QED) is 0.881. The molecule has 90 valence electrons. The lowest BCUT2D eigenvalue weighted by Crippen LogP contribution is -1.99. The van der Waals surface area contributed by atoms with Gasteiger partial charge in [-0.05, 0) is 24.0 Å². The van der Waals surface area contributed by atoms with E-state index in [1.807, 2.05) is 13.0 Å². The van der Waals surface area contributed by atoms with E-state index in [4.69, 9.17) is 9.52 Å². The van der Waals surface area contributed by atoms with Crippen LogP contribution in [-0.4, -0.2) is 11.1 Å². The van der Waals surface area contributed by atoms with E-state index in [0.717, 1.165) is 27.7 Å². The maximum absolute atomic E-state index is 10.8. The van der Waals surface area contributed by atoms with Gasteiger partial charge >= 0.3 is 5.97 Å². The van der Waals surface area contributed by atoms with E-state index < -0.39 is 5.97 Å². The Morgan fingerprint density at radius 2 is 2.12 bits per heavy atom. The molecule has 0 fully saturated rings. The lowest BCUT2D eigenvalue weighted by atomic mass is 9.96. The van der Waals surface area contributed by atoms with Gasteiger partial charge in [-0.2, -0.15) is 0 Å². The number of hydrogen-bond donors (Lipinski definition) is 1. The molecule has 1 aromatic heterocycles. The van der Waals surface area contributed by atoms with Crippen LogP contribution in [0.25, 0.3) is 11.0 Å². The van der Waals surface area contributed by atoms with Gasteiger partial charge < -0.3 is 9.52 Å². The van der Waals surface area contributed by atoms with Gasteiger partial charge in [-0.25, -0.2) is 0 Å². The lowest BCUT2D eigenvalue weighted by molar-refractivity contribution is -0.136. The molecule has 17 heavy (non-hydrogen) atoms. The minimum atomic E-state index is -0.831. The van der Waals surface area contributed by atoms with Crippen molar-refractivity contribution in [3.05, 3.63) is 35.1 Å². The highest BCUT2D eigenvalue weighted by Crippen LogP contribution is 2.31. The minimum absolute atomic E-state index is 0.00931. The smallest absolute Gasteiger partial charge is 0.307 e. The number of aliphatic carboxylic acids is 1. The highest BCUT2D eigenvalue weighted by atomic mass is 16.4. The monoisotopic (exact) mass is 232 g/mol. The first kappa shape index (κ1) is 11.7. The van der Waals surface area contributed by atoms with E-state index in [1.165, 1.54) is 0 Å². The maximum Gasteiger partial charge on any atom is 0.307 e. The molecule has 0 unspecified atom stereocenters. The lowest BCUT2D eigenvalue weighted by Gasteiger charge is -2.07. The number of fused-ring (bicyclic) bond motifs is 1. The summed E-state index contributed by atoms with van der Waals surface area (Å²) in [5.41, 5.74) is 3.78. The Morgan fingerprint density at radius 1 is 1.41 bits per heavy atom. The van der Waals surface area contributed by atoms with Crippen molar-refractivity contribution in [2.24, 2.45) is 0 Å². The predicted molar refractivity (Wildman–Crippen MR) is 66.4 cm³/mol. The van der Waals surface area contributed by atoms with Crippen LogP contribution in [0.5, 0.6) is 0 Å². The zero-order valence-corrected chi connectivity index (χ0v) is 10.3. The number of furan rings is 1. The van der Waals surface area contributed by atoms with Crippen molar-refractivity contribution < 1.29 is 14.3 Å². The van der Waals surface area contributed by atoms with E-state index in [0.29, 0.717) is 5.92 Å². The summed E-state index contributed by atoms with van der Waals surface area (Å²) < 4.78 is 5.56. The molecule has 0 atom stereocenters. The molecular weight excluding hydrogens is 216 g/mol. The largest absolute Gasteiger partial charge is 0.481 e. The predicted octanol–water partition coefficient (Wildman–Crippen LogP) is 3.49. The number of carbonyl (C=O) groups is 1. The topological polar surface area (TPSA) is 50.4 Å². The summed E-state index contributed by atoms with van der Waals surface area (Å²) in [6.07, 6.45) is 1.58. The Hall–Kier alpha value is -1.77. The summed E-state index contributed by atoms with van der Waals surface area (Å²) in [5.74, 6) is -0.469. The average molecular weight is 232 g/mol. The number of carboxylic acids is 1. The Morgan fingerprint density at radius 3 is 2.71 bits per heavy atom. The Bertz CT molecular complexity index is 564. The van der Waals surface area contributed by atoms with Gasteiger partial charge in [-0.1, -0.05) is 26.0 Å². The van der Waals surface area contributed by atoms with Crippen molar-refractivity contribution in [2.45, 2.75) is 33.1 Å². The third-order valence-corrected chi connectivity index (χ3v) is 3.00. The van der Waals surface area contributed by atoms with E-state index in [-0.39, 0.29) is 6.42 Å². The molecule has 2 rings (SSSR count). The van der Waals surface area contributed by atoms with Crippen LogP contribution in [0.4, 0.5) is 0 Å². The van der Waals surface area contributed by atoms with Gasteiger partial charge in [-0.3, -0.25) is 4.79 Å². The molecule has 1 heterocycles. The van der Waals surface area contributed by atoms with Gasteiger partial charge in [0, 0.05) is 10.9 Å². The van der Waals surface area contributed by atoms with Crippen molar-refractivity contribution in [1.29, 1.82) is 0 Å². The molecule has 1 N–H and O–H groups in total. The zero-order valence-electron chi connectivity index (χ0n) is 10.3. The molecule has 0 saturated carbocycles. The van der Waals surface area contributed by atoms with Crippen LogP contribution in [0, 0.1) is 6.92 Å². The van der Waals surface area contributed by atoms with Gasteiger partial charge in [0.2, 0.25) is 0 Å². The van der Waals surface area contributed by atoms with Crippen LogP contribution in [0.15, 0.2) is 22.8 Å². The van der Waals surface area contributed by atoms with Crippen LogP contribution in [0.3, 0.4) is 0 Å². The molecule has 0 aliphatic heterocycles. The van der Waals surface area contributed by atoms with Gasteiger partial charge in [0.25, 0.3) is 0 Å². The fourth-order valence-corrected chi connectivity index (χ4v) is 2.16. The second kappa shape index (κ2) is 4.24. The molecule has 2 aromatic rings. The Labute approximate surface area is 100 Å². The van der Waals surface area contributed by atoms with Crippen LogP contribution in [0.1, 0.15) is 36.5 Å². The summed E-state index contributed by atoms with van der Waals surface area (Å²) in [7, 11) is 0. The summed E-state index contributed by atoms with van der Waals surface area (Å²) in [4.78, 5) is 10.8. The Balaban J connectivity index is 2.67. The molecular formula is C14H16O3. The maximum atomic E-state index is 10.8. The molecule has 0 spiro atoms. The van der Waals surface area contributed by atoms with Crippen LogP contribution < -0.4 is 0 Å². The third kappa shape index (κ3) is 2.05. The molecule has 0 aliphatic rings. The second-order valence-electron chi connectivity index (χ2n) is 4.66. The fourth-order valence-electron chi connectivity index (χ4n) is 2.16. The van der Waals surface area contributed by atoms with Crippen molar-refractivity contribution in [1.82, 2.24) is 0 Å². The average Bonchev–Trinajstić information content (AvgIpc) is 2.62. The van der Waals surface area contributed by atoms with Gasteiger partial charge in [0.15, 0.2) is 0 Å². The first-order valence-corrected chi connectivity index (χ1v) is 5.72. The van der Waals surface area contributed by atoms with Gasteiger partial charge in [0.05, 0.1) is 12.7 Å². The van der Waals surface area contributed by atoms with Crippen molar-refractivity contribution >= 4 is 16.9 Å². The molecule has 0 aliphatic carbocycles. The molecule has 0 amide bonds. The van der Waals surface area contributed by atoms with Crippen molar-refractivity contribution in [3.63, 3.8) is 0 Å². The molecule has 0 radical (unpaired) electrons. The van der Waals surface area contributed by atoms with Crippen LogP contribution in [0.2, 0.25) is 0 Å². The fraction of sp³-hybridized carbons (Fsp3) is 0.357. The number of aryl methyl sites for hydroxylation is 1. The van der Waals surface area contributed by atoms with E-state index >= 15 is 0 Å². The van der Waals surface area contributed by atoms with Crippen LogP contribution >= 0.6 is 0 Å².